The fraction of sp³-hybridized carbons (Fsp3) is 0.571. The molecule has 0 aliphatic heterocycles. The molecule has 21 heavy (non-hydrogen) atoms. The Morgan fingerprint density at radius 3 is 2.71 bits per heavy atom. The van der Waals surface area contributed by atoms with Gasteiger partial charge in [-0.3, -0.25) is 4.79 Å². The molecular weight excluding hydrogens is 399 g/mol. The highest BCUT2D eigenvalue weighted by Gasteiger charge is 2.04. The minimum atomic E-state index is 0. The van der Waals surface area contributed by atoms with Gasteiger partial charge in [0, 0.05) is 30.4 Å². The lowest BCUT2D eigenvalue weighted by molar-refractivity contribution is -0.121. The van der Waals surface area contributed by atoms with Gasteiger partial charge in [0.15, 0.2) is 5.96 Å². The third kappa shape index (κ3) is 9.67. The summed E-state index contributed by atoms with van der Waals surface area (Å²) in [6.07, 6.45) is 0.446. The average Bonchev–Trinajstić information content (AvgIpc) is 2.88. The minimum Gasteiger partial charge on any atom is -0.357 e. The van der Waals surface area contributed by atoms with Gasteiger partial charge in [-0.1, -0.05) is 6.07 Å². The average molecular weight is 424 g/mol. The van der Waals surface area contributed by atoms with Gasteiger partial charge in [-0.25, -0.2) is 4.99 Å². The third-order valence-corrected chi connectivity index (χ3v) is 3.27. The summed E-state index contributed by atoms with van der Waals surface area (Å²) < 4.78 is 0. The van der Waals surface area contributed by atoms with Crippen LogP contribution in [0.5, 0.6) is 0 Å². The Labute approximate surface area is 148 Å². The van der Waals surface area contributed by atoms with Crippen molar-refractivity contribution in [3.63, 3.8) is 0 Å². The van der Waals surface area contributed by atoms with Crippen LogP contribution in [-0.2, 0) is 11.3 Å². The first kappa shape index (κ1) is 20.2. The van der Waals surface area contributed by atoms with Crippen LogP contribution < -0.4 is 16.0 Å². The molecule has 0 spiro atoms. The number of carbonyl (C=O) groups excluding carboxylic acids is 1. The largest absolute Gasteiger partial charge is 0.357 e. The highest BCUT2D eigenvalue weighted by molar-refractivity contribution is 14.0. The fourth-order valence-corrected chi connectivity index (χ4v) is 2.22. The highest BCUT2D eigenvalue weighted by Crippen LogP contribution is 2.09. The molecule has 0 fully saturated rings. The van der Waals surface area contributed by atoms with Gasteiger partial charge in [-0.15, -0.1) is 35.3 Å². The zero-order chi connectivity index (χ0) is 14.8. The van der Waals surface area contributed by atoms with E-state index in [1.807, 2.05) is 32.2 Å². The zero-order valence-corrected chi connectivity index (χ0v) is 16.0. The van der Waals surface area contributed by atoms with E-state index in [-0.39, 0.29) is 35.9 Å². The maximum absolute atomic E-state index is 11.5. The van der Waals surface area contributed by atoms with Crippen LogP contribution in [0.3, 0.4) is 0 Å². The quantitative estimate of drug-likeness (QED) is 0.358. The molecule has 0 bridgehead atoms. The third-order valence-electron chi connectivity index (χ3n) is 2.41. The van der Waals surface area contributed by atoms with Crippen LogP contribution >= 0.6 is 35.3 Å². The smallest absolute Gasteiger partial charge is 0.221 e. The molecule has 120 valence electrons. The van der Waals surface area contributed by atoms with E-state index >= 15 is 0 Å². The van der Waals surface area contributed by atoms with Crippen LogP contribution in [0.1, 0.15) is 32.1 Å². The zero-order valence-electron chi connectivity index (χ0n) is 12.8. The molecule has 3 N–H and O–H groups in total. The summed E-state index contributed by atoms with van der Waals surface area (Å²) in [5.41, 5.74) is 0. The van der Waals surface area contributed by atoms with Crippen molar-refractivity contribution in [3.8, 4) is 0 Å². The molecule has 0 aliphatic rings. The number of hydrogen-bond donors (Lipinski definition) is 3. The summed E-state index contributed by atoms with van der Waals surface area (Å²) in [5, 5.41) is 11.2. The number of rotatable bonds is 7. The molecular formula is C14H25IN4OS. The monoisotopic (exact) mass is 424 g/mol. The van der Waals surface area contributed by atoms with Crippen LogP contribution in [0.15, 0.2) is 22.5 Å². The molecule has 1 amide bonds. The minimum absolute atomic E-state index is 0. The number of aliphatic imine (C=N–C) groups is 1. The van der Waals surface area contributed by atoms with Crippen molar-refractivity contribution in [2.24, 2.45) is 4.99 Å². The number of nitrogens with zero attached hydrogens (tertiary/aromatic N) is 1. The Hall–Kier alpha value is -0.830. The van der Waals surface area contributed by atoms with Crippen molar-refractivity contribution in [1.82, 2.24) is 16.0 Å². The lowest BCUT2D eigenvalue weighted by atomic mass is 10.3. The molecule has 0 aromatic carbocycles. The summed E-state index contributed by atoms with van der Waals surface area (Å²) in [7, 11) is 0. The summed E-state index contributed by atoms with van der Waals surface area (Å²) >= 11 is 1.69. The molecule has 0 atom stereocenters. The Morgan fingerprint density at radius 1 is 1.38 bits per heavy atom. The van der Waals surface area contributed by atoms with E-state index in [1.54, 1.807) is 11.3 Å². The summed E-state index contributed by atoms with van der Waals surface area (Å²) in [5.74, 6) is 0.805. The first-order valence-electron chi connectivity index (χ1n) is 6.95. The predicted molar refractivity (Wildman–Crippen MR) is 100 cm³/mol. The van der Waals surface area contributed by atoms with Gasteiger partial charge in [0.25, 0.3) is 0 Å². The van der Waals surface area contributed by atoms with E-state index in [2.05, 4.69) is 27.0 Å². The summed E-state index contributed by atoms with van der Waals surface area (Å²) in [6.45, 7) is 7.97. The standard InChI is InChI=1S/C14H24N4OS.HI/c1-4-15-14(17-10-12-6-5-9-20-12)16-8-7-13(19)18-11(2)3;/h5-6,9,11H,4,7-8,10H2,1-3H3,(H,18,19)(H2,15,16,17);1H. The predicted octanol–water partition coefficient (Wildman–Crippen LogP) is 2.34. The topological polar surface area (TPSA) is 65.5 Å². The van der Waals surface area contributed by atoms with Crippen LogP contribution in [0.2, 0.25) is 0 Å². The molecule has 0 saturated carbocycles. The summed E-state index contributed by atoms with van der Waals surface area (Å²) in [4.78, 5) is 17.2. The maximum Gasteiger partial charge on any atom is 0.221 e. The molecule has 1 aromatic rings. The van der Waals surface area contributed by atoms with Crippen molar-refractivity contribution in [3.05, 3.63) is 22.4 Å². The van der Waals surface area contributed by atoms with E-state index in [0.717, 1.165) is 12.5 Å². The van der Waals surface area contributed by atoms with Crippen LogP contribution in [0, 0.1) is 0 Å². The van der Waals surface area contributed by atoms with Crippen LogP contribution in [0.4, 0.5) is 0 Å². The first-order valence-corrected chi connectivity index (χ1v) is 7.83. The molecule has 0 unspecified atom stereocenters. The molecule has 0 saturated heterocycles. The number of nitrogens with one attached hydrogen (secondary N) is 3. The van der Waals surface area contributed by atoms with Gasteiger partial charge < -0.3 is 16.0 Å². The van der Waals surface area contributed by atoms with Crippen LogP contribution in [-0.4, -0.2) is 31.0 Å². The number of hydrogen-bond acceptors (Lipinski definition) is 3. The van der Waals surface area contributed by atoms with Crippen molar-refractivity contribution < 1.29 is 4.79 Å². The van der Waals surface area contributed by atoms with E-state index in [1.165, 1.54) is 4.88 Å². The maximum atomic E-state index is 11.5. The Morgan fingerprint density at radius 2 is 2.14 bits per heavy atom. The van der Waals surface area contributed by atoms with Crippen molar-refractivity contribution in [2.75, 3.05) is 13.1 Å². The van der Waals surface area contributed by atoms with Gasteiger partial charge in [-0.05, 0) is 32.2 Å². The van der Waals surface area contributed by atoms with E-state index < -0.39 is 0 Å². The Balaban J connectivity index is 0.00000400. The molecule has 0 radical (unpaired) electrons. The molecule has 1 rings (SSSR count). The fourth-order valence-electron chi connectivity index (χ4n) is 1.59. The van der Waals surface area contributed by atoms with Gasteiger partial charge >= 0.3 is 0 Å². The van der Waals surface area contributed by atoms with Crippen molar-refractivity contribution in [1.29, 1.82) is 0 Å². The lowest BCUT2D eigenvalue weighted by Crippen LogP contribution is -2.40. The highest BCUT2D eigenvalue weighted by atomic mass is 127. The van der Waals surface area contributed by atoms with Gasteiger partial charge in [0.1, 0.15) is 0 Å². The second kappa shape index (κ2) is 11.8. The van der Waals surface area contributed by atoms with Crippen molar-refractivity contribution in [2.45, 2.75) is 39.8 Å². The van der Waals surface area contributed by atoms with E-state index in [0.29, 0.717) is 19.5 Å². The number of guanidine groups is 1. The number of halogens is 1. The molecule has 1 heterocycles. The molecule has 5 nitrogen and oxygen atoms in total. The molecule has 0 aliphatic carbocycles. The molecule has 1 aromatic heterocycles. The number of thiophene rings is 1. The Kier molecular flexibility index (Phi) is 11.3. The van der Waals surface area contributed by atoms with Gasteiger partial charge in [0.05, 0.1) is 6.54 Å². The van der Waals surface area contributed by atoms with Crippen LogP contribution in [0.25, 0.3) is 0 Å². The van der Waals surface area contributed by atoms with Gasteiger partial charge in [0.2, 0.25) is 5.91 Å². The van der Waals surface area contributed by atoms with Gasteiger partial charge in [-0.2, -0.15) is 0 Å². The lowest BCUT2D eigenvalue weighted by Gasteiger charge is -2.12. The first-order chi connectivity index (χ1) is 9.61. The van der Waals surface area contributed by atoms with E-state index in [9.17, 15) is 4.79 Å². The second-order valence-electron chi connectivity index (χ2n) is 4.67. The SMILES string of the molecule is CCNC(=NCc1cccs1)NCCC(=O)NC(C)C.I. The van der Waals surface area contributed by atoms with E-state index in [4.69, 9.17) is 0 Å². The Bertz CT molecular complexity index is 421. The summed E-state index contributed by atoms with van der Waals surface area (Å²) in [6, 6.07) is 4.27. The normalized spacial score (nSPS) is 11.0. The molecule has 7 heteroatoms. The number of carbonyl (C=O) groups is 1. The van der Waals surface area contributed by atoms with Crippen molar-refractivity contribution >= 4 is 47.2 Å². The number of amides is 1. The second-order valence-corrected chi connectivity index (χ2v) is 5.71.